The SMILES string of the molecule is CCC1OC(CO)C(OC)C(O)C1N. The molecule has 1 heterocycles. The van der Waals surface area contributed by atoms with Crippen LogP contribution in [0, 0.1) is 0 Å². The summed E-state index contributed by atoms with van der Waals surface area (Å²) in [6.07, 6.45) is -1.31. The van der Waals surface area contributed by atoms with Crippen molar-refractivity contribution in [2.45, 2.75) is 43.8 Å². The van der Waals surface area contributed by atoms with Crippen LogP contribution in [0.5, 0.6) is 0 Å². The van der Waals surface area contributed by atoms with Gasteiger partial charge in [0.2, 0.25) is 0 Å². The minimum absolute atomic E-state index is 0.168. The largest absolute Gasteiger partial charge is 0.394 e. The maximum atomic E-state index is 9.80. The summed E-state index contributed by atoms with van der Waals surface area (Å²) in [4.78, 5) is 0. The molecule has 1 aliphatic rings. The second kappa shape index (κ2) is 5.04. The molecule has 5 nitrogen and oxygen atoms in total. The van der Waals surface area contributed by atoms with Crippen LogP contribution in [-0.4, -0.2) is 54.4 Å². The van der Waals surface area contributed by atoms with Crippen LogP contribution in [0.1, 0.15) is 13.3 Å². The molecule has 0 amide bonds. The zero-order valence-electron chi connectivity index (χ0n) is 8.59. The summed E-state index contributed by atoms with van der Waals surface area (Å²) in [7, 11) is 1.47. The molecule has 1 rings (SSSR count). The first-order valence-electron chi connectivity index (χ1n) is 4.88. The number of nitrogens with two attached hydrogens (primary N) is 1. The molecule has 0 aliphatic carbocycles. The van der Waals surface area contributed by atoms with Crippen molar-refractivity contribution < 1.29 is 19.7 Å². The lowest BCUT2D eigenvalue weighted by molar-refractivity contribution is -0.198. The van der Waals surface area contributed by atoms with Crippen molar-refractivity contribution in [2.24, 2.45) is 5.73 Å². The number of rotatable bonds is 3. The molecule has 0 aromatic heterocycles. The fraction of sp³-hybridized carbons (Fsp3) is 1.00. The Hall–Kier alpha value is -0.200. The first-order chi connectivity index (χ1) is 6.65. The minimum atomic E-state index is -0.782. The Morgan fingerprint density at radius 3 is 2.50 bits per heavy atom. The molecule has 0 bridgehead atoms. The van der Waals surface area contributed by atoms with E-state index >= 15 is 0 Å². The summed E-state index contributed by atoms with van der Waals surface area (Å²) in [6, 6.07) is -0.451. The predicted octanol–water partition coefficient (Wildman–Crippen LogP) is -1.14. The molecule has 1 fully saturated rings. The first-order valence-corrected chi connectivity index (χ1v) is 4.88. The Kier molecular flexibility index (Phi) is 4.28. The van der Waals surface area contributed by atoms with Gasteiger partial charge in [-0.1, -0.05) is 6.92 Å². The molecule has 1 saturated heterocycles. The quantitative estimate of drug-likeness (QED) is 0.542. The van der Waals surface area contributed by atoms with Crippen molar-refractivity contribution in [2.75, 3.05) is 13.7 Å². The Morgan fingerprint density at radius 1 is 1.43 bits per heavy atom. The third-order valence-corrected chi connectivity index (χ3v) is 2.73. The smallest absolute Gasteiger partial charge is 0.113 e. The highest BCUT2D eigenvalue weighted by Gasteiger charge is 2.42. The number of aliphatic hydroxyl groups excluding tert-OH is 2. The zero-order chi connectivity index (χ0) is 10.7. The maximum absolute atomic E-state index is 9.80. The molecule has 4 N–H and O–H groups in total. The molecular weight excluding hydrogens is 186 g/mol. The Morgan fingerprint density at radius 2 is 2.07 bits per heavy atom. The highest BCUT2D eigenvalue weighted by Crippen LogP contribution is 2.23. The van der Waals surface area contributed by atoms with Gasteiger partial charge in [-0.15, -0.1) is 0 Å². The van der Waals surface area contributed by atoms with E-state index in [9.17, 15) is 5.11 Å². The third-order valence-electron chi connectivity index (χ3n) is 2.73. The molecule has 5 unspecified atom stereocenters. The number of hydrogen-bond acceptors (Lipinski definition) is 5. The summed E-state index contributed by atoms with van der Waals surface area (Å²) in [5.74, 6) is 0. The highest BCUT2D eigenvalue weighted by molar-refractivity contribution is 4.94. The van der Waals surface area contributed by atoms with Crippen molar-refractivity contribution in [3.05, 3.63) is 0 Å². The fourth-order valence-electron chi connectivity index (χ4n) is 1.86. The normalized spacial score (nSPS) is 43.9. The van der Waals surface area contributed by atoms with E-state index in [0.717, 1.165) is 0 Å². The van der Waals surface area contributed by atoms with Crippen molar-refractivity contribution >= 4 is 0 Å². The summed E-state index contributed by atoms with van der Waals surface area (Å²) in [6.45, 7) is 1.76. The molecule has 84 valence electrons. The van der Waals surface area contributed by atoms with Crippen LogP contribution in [0.3, 0.4) is 0 Å². The lowest BCUT2D eigenvalue weighted by atomic mass is 9.92. The second-order valence-corrected chi connectivity index (χ2v) is 3.57. The van der Waals surface area contributed by atoms with Gasteiger partial charge in [0.05, 0.1) is 18.8 Å². The van der Waals surface area contributed by atoms with Gasteiger partial charge >= 0.3 is 0 Å². The lowest BCUT2D eigenvalue weighted by Gasteiger charge is -2.42. The molecule has 0 radical (unpaired) electrons. The number of hydrogen-bond donors (Lipinski definition) is 3. The van der Waals surface area contributed by atoms with Crippen LogP contribution in [0.2, 0.25) is 0 Å². The van der Waals surface area contributed by atoms with Gasteiger partial charge in [0, 0.05) is 7.11 Å². The van der Waals surface area contributed by atoms with Gasteiger partial charge in [0.25, 0.3) is 0 Å². The standard InChI is InChI=1S/C9H19NO4/c1-3-5-7(10)8(12)9(13-2)6(4-11)14-5/h5-9,11-12H,3-4,10H2,1-2H3. The Bertz CT molecular complexity index is 176. The number of methoxy groups -OCH3 is 1. The molecule has 14 heavy (non-hydrogen) atoms. The van der Waals surface area contributed by atoms with E-state index in [4.69, 9.17) is 20.3 Å². The minimum Gasteiger partial charge on any atom is -0.394 e. The van der Waals surface area contributed by atoms with Gasteiger partial charge in [0.1, 0.15) is 18.3 Å². The van der Waals surface area contributed by atoms with E-state index in [2.05, 4.69) is 0 Å². The molecule has 0 spiro atoms. The predicted molar refractivity (Wildman–Crippen MR) is 50.8 cm³/mol. The molecular formula is C9H19NO4. The van der Waals surface area contributed by atoms with Crippen LogP contribution < -0.4 is 5.73 Å². The Labute approximate surface area is 83.8 Å². The molecule has 0 aromatic carbocycles. The van der Waals surface area contributed by atoms with E-state index in [0.29, 0.717) is 6.42 Å². The van der Waals surface area contributed by atoms with Crippen LogP contribution in [0.15, 0.2) is 0 Å². The number of aliphatic hydroxyl groups is 2. The van der Waals surface area contributed by atoms with Crippen LogP contribution in [-0.2, 0) is 9.47 Å². The van der Waals surface area contributed by atoms with Crippen LogP contribution >= 0.6 is 0 Å². The maximum Gasteiger partial charge on any atom is 0.113 e. The van der Waals surface area contributed by atoms with Gasteiger partial charge in [-0.05, 0) is 6.42 Å². The van der Waals surface area contributed by atoms with Gasteiger partial charge < -0.3 is 25.4 Å². The lowest BCUT2D eigenvalue weighted by Crippen LogP contribution is -2.62. The van der Waals surface area contributed by atoms with Crippen molar-refractivity contribution in [1.82, 2.24) is 0 Å². The molecule has 5 heteroatoms. The van der Waals surface area contributed by atoms with Crippen LogP contribution in [0.25, 0.3) is 0 Å². The monoisotopic (exact) mass is 205 g/mol. The summed E-state index contributed by atoms with van der Waals surface area (Å²) in [5.41, 5.74) is 5.78. The van der Waals surface area contributed by atoms with E-state index in [1.54, 1.807) is 0 Å². The summed E-state index contributed by atoms with van der Waals surface area (Å²) in [5, 5.41) is 18.9. The van der Waals surface area contributed by atoms with Crippen molar-refractivity contribution in [1.29, 1.82) is 0 Å². The Balaban J connectivity index is 2.71. The van der Waals surface area contributed by atoms with Crippen molar-refractivity contribution in [3.63, 3.8) is 0 Å². The zero-order valence-corrected chi connectivity index (χ0v) is 8.59. The topological polar surface area (TPSA) is 84.9 Å². The molecule has 1 aliphatic heterocycles. The summed E-state index contributed by atoms with van der Waals surface area (Å²) >= 11 is 0. The van der Waals surface area contributed by atoms with Gasteiger partial charge in [-0.2, -0.15) is 0 Å². The van der Waals surface area contributed by atoms with E-state index in [-0.39, 0.29) is 12.7 Å². The van der Waals surface area contributed by atoms with Crippen LogP contribution in [0.4, 0.5) is 0 Å². The van der Waals surface area contributed by atoms with Crippen molar-refractivity contribution in [3.8, 4) is 0 Å². The number of ether oxygens (including phenoxy) is 2. The average molecular weight is 205 g/mol. The highest BCUT2D eigenvalue weighted by atomic mass is 16.6. The third kappa shape index (κ3) is 2.07. The van der Waals surface area contributed by atoms with E-state index < -0.39 is 24.4 Å². The molecule has 0 saturated carbocycles. The first kappa shape index (κ1) is 11.9. The van der Waals surface area contributed by atoms with E-state index in [1.165, 1.54) is 7.11 Å². The average Bonchev–Trinajstić information content (AvgIpc) is 2.21. The van der Waals surface area contributed by atoms with Gasteiger partial charge in [-0.25, -0.2) is 0 Å². The van der Waals surface area contributed by atoms with Gasteiger partial charge in [0.15, 0.2) is 0 Å². The van der Waals surface area contributed by atoms with Gasteiger partial charge in [-0.3, -0.25) is 0 Å². The second-order valence-electron chi connectivity index (χ2n) is 3.57. The fourth-order valence-corrected chi connectivity index (χ4v) is 1.86. The summed E-state index contributed by atoms with van der Waals surface area (Å²) < 4.78 is 10.6. The van der Waals surface area contributed by atoms with E-state index in [1.807, 2.05) is 6.92 Å². The molecule has 0 aromatic rings. The molecule has 5 atom stereocenters.